The van der Waals surface area contributed by atoms with Gasteiger partial charge in [-0.3, -0.25) is 9.71 Å². The normalized spacial score (nSPS) is 12.6. The summed E-state index contributed by atoms with van der Waals surface area (Å²) < 4.78 is 78.9. The summed E-state index contributed by atoms with van der Waals surface area (Å²) in [5.41, 5.74) is 0.825. The molecule has 10 heteroatoms. The molecule has 0 spiro atoms. The van der Waals surface area contributed by atoms with Gasteiger partial charge in [-0.05, 0) is 43.9 Å². The highest BCUT2D eigenvalue weighted by molar-refractivity contribution is 7.98. The van der Waals surface area contributed by atoms with Crippen LogP contribution in [0.5, 0.6) is 0 Å². The van der Waals surface area contributed by atoms with Crippen molar-refractivity contribution < 1.29 is 26.3 Å². The smallest absolute Gasteiger partial charge is 0.347 e. The Balaban J connectivity index is 0.00000137. The Kier molecular flexibility index (Phi) is 9.33. The second-order valence-electron chi connectivity index (χ2n) is 10.3. The molecule has 35 heavy (non-hydrogen) atoms. The number of fused-ring (bicyclic) bond motifs is 1. The summed E-state index contributed by atoms with van der Waals surface area (Å²) in [5, 5.41) is 0.968. The van der Waals surface area contributed by atoms with E-state index in [1.807, 2.05) is 6.07 Å². The lowest BCUT2D eigenvalue weighted by Gasteiger charge is -2.20. The molecule has 0 atom stereocenters. The monoisotopic (exact) mass is 519 g/mol. The second-order valence-corrected chi connectivity index (χ2v) is 12.0. The van der Waals surface area contributed by atoms with E-state index in [4.69, 9.17) is 0 Å². The van der Waals surface area contributed by atoms with Gasteiger partial charge in [-0.1, -0.05) is 44.9 Å². The second kappa shape index (κ2) is 11.2. The van der Waals surface area contributed by atoms with Gasteiger partial charge < -0.3 is 4.57 Å². The minimum atomic E-state index is -4.70. The fourth-order valence-corrected chi connectivity index (χ4v) is 4.17. The number of alkyl halides is 5. The first-order valence-corrected chi connectivity index (χ1v) is 11.7. The Bertz CT molecular complexity index is 1130. The van der Waals surface area contributed by atoms with Crippen LogP contribution >= 0.6 is 11.9 Å². The van der Waals surface area contributed by atoms with E-state index in [1.165, 1.54) is 0 Å². The number of nitrogens with zero attached hydrogens (tertiary/aromatic N) is 2. The zero-order valence-corrected chi connectivity index (χ0v) is 21.5. The number of benzene rings is 1. The quantitative estimate of drug-likeness (QED) is 0.271. The van der Waals surface area contributed by atoms with Crippen LogP contribution in [0.25, 0.3) is 22.2 Å². The zero-order chi connectivity index (χ0) is 26.6. The van der Waals surface area contributed by atoms with E-state index in [0.717, 1.165) is 22.7 Å². The van der Waals surface area contributed by atoms with Gasteiger partial charge in [0.25, 0.3) is 0 Å². The molecule has 3 aromatic rings. The van der Waals surface area contributed by atoms with Crippen molar-refractivity contribution in [3.05, 3.63) is 53.6 Å². The van der Waals surface area contributed by atoms with Crippen molar-refractivity contribution in [2.24, 2.45) is 5.41 Å². The minimum absolute atomic E-state index is 0.0297. The number of hydrogen-bond donors (Lipinski definition) is 1. The van der Waals surface area contributed by atoms with E-state index in [2.05, 4.69) is 62.0 Å². The van der Waals surface area contributed by atoms with Crippen LogP contribution in [0, 0.1) is 11.2 Å². The van der Waals surface area contributed by atoms with Crippen LogP contribution in [0.4, 0.5) is 26.3 Å². The number of rotatable bonds is 5. The molecule has 2 heterocycles. The van der Waals surface area contributed by atoms with Crippen molar-refractivity contribution in [1.82, 2.24) is 14.3 Å². The molecular formula is C25H31F6N3S. The lowest BCUT2D eigenvalue weighted by atomic mass is 9.97. The van der Waals surface area contributed by atoms with E-state index in [1.54, 1.807) is 24.1 Å². The van der Waals surface area contributed by atoms with Gasteiger partial charge in [0, 0.05) is 40.5 Å². The molecule has 2 aromatic heterocycles. The van der Waals surface area contributed by atoms with Crippen molar-refractivity contribution in [3.63, 3.8) is 0 Å². The largest absolute Gasteiger partial charge is 0.418 e. The molecule has 0 unspecified atom stereocenters. The highest BCUT2D eigenvalue weighted by Gasteiger charge is 2.35. The van der Waals surface area contributed by atoms with Crippen molar-refractivity contribution in [3.8, 4) is 11.3 Å². The van der Waals surface area contributed by atoms with E-state index in [9.17, 15) is 26.3 Å². The van der Waals surface area contributed by atoms with Crippen LogP contribution in [0.15, 0.2) is 36.7 Å². The first-order valence-electron chi connectivity index (χ1n) is 10.9. The molecule has 0 aliphatic rings. The van der Waals surface area contributed by atoms with Gasteiger partial charge in [-0.2, -0.15) is 13.2 Å². The average Bonchev–Trinajstić information content (AvgIpc) is 3.02. The molecule has 0 aliphatic heterocycles. The summed E-state index contributed by atoms with van der Waals surface area (Å²) in [5.74, 6) is -1.01. The number of halogens is 6. The van der Waals surface area contributed by atoms with Crippen molar-refractivity contribution >= 4 is 22.9 Å². The van der Waals surface area contributed by atoms with Crippen LogP contribution in [0.1, 0.15) is 52.7 Å². The average molecular weight is 520 g/mol. The zero-order valence-electron chi connectivity index (χ0n) is 20.7. The predicted octanol–water partition coefficient (Wildman–Crippen LogP) is 8.33. The Hall–Kier alpha value is -2.20. The van der Waals surface area contributed by atoms with E-state index in [0.29, 0.717) is 24.7 Å². The fourth-order valence-electron chi connectivity index (χ4n) is 3.51. The van der Waals surface area contributed by atoms with Crippen molar-refractivity contribution in [2.45, 2.75) is 65.6 Å². The maximum absolute atomic E-state index is 13.5. The number of nitrogens with one attached hydrogen (secondary N) is 1. The lowest BCUT2D eigenvalue weighted by Crippen LogP contribution is -2.16. The summed E-state index contributed by atoms with van der Waals surface area (Å²) in [4.78, 5) is 3.79. The minimum Gasteiger partial charge on any atom is -0.347 e. The van der Waals surface area contributed by atoms with Gasteiger partial charge in [0.2, 0.25) is 6.93 Å². The maximum atomic E-state index is 13.5. The van der Waals surface area contributed by atoms with Crippen LogP contribution in [-0.2, 0) is 19.3 Å². The molecule has 0 fully saturated rings. The Morgan fingerprint density at radius 1 is 1.00 bits per heavy atom. The van der Waals surface area contributed by atoms with Gasteiger partial charge in [0.05, 0.1) is 17.5 Å². The molecular weight excluding hydrogens is 488 g/mol. The van der Waals surface area contributed by atoms with Crippen LogP contribution in [-0.4, -0.2) is 21.2 Å². The number of pyridine rings is 1. The summed E-state index contributed by atoms with van der Waals surface area (Å²) in [6.07, 6.45) is -1.83. The molecule has 0 bridgehead atoms. The first-order chi connectivity index (χ1) is 16.1. The van der Waals surface area contributed by atoms with E-state index >= 15 is 0 Å². The standard InChI is InChI=1S/C24H29F4N3S.CH2F2/c1-22(2,3)14-31-13-16(11-30-32-23(4,5)6)18-8-7-15(9-20(18)31)21-19(24(26,27)28)10-17(25)12-29-21;2-1-3/h7-10,12-13,30H,11,14H2,1-6H3;1H2. The molecule has 0 amide bonds. The molecule has 1 N–H and O–H groups in total. The third-order valence-electron chi connectivity index (χ3n) is 4.68. The topological polar surface area (TPSA) is 29.9 Å². The molecule has 1 aromatic carbocycles. The molecule has 0 aliphatic carbocycles. The van der Waals surface area contributed by atoms with Crippen LogP contribution in [0.2, 0.25) is 0 Å². The predicted molar refractivity (Wildman–Crippen MR) is 131 cm³/mol. The number of hydrogen-bond acceptors (Lipinski definition) is 3. The van der Waals surface area contributed by atoms with Gasteiger partial charge in [-0.15, -0.1) is 0 Å². The van der Waals surface area contributed by atoms with Crippen LogP contribution < -0.4 is 4.72 Å². The fraction of sp³-hybridized carbons (Fsp3) is 0.480. The van der Waals surface area contributed by atoms with Crippen LogP contribution in [0.3, 0.4) is 0 Å². The van der Waals surface area contributed by atoms with Gasteiger partial charge >= 0.3 is 6.18 Å². The molecule has 3 rings (SSSR count). The Morgan fingerprint density at radius 3 is 2.17 bits per heavy atom. The Labute approximate surface area is 206 Å². The molecule has 0 saturated carbocycles. The van der Waals surface area contributed by atoms with Crippen molar-refractivity contribution in [2.75, 3.05) is 6.93 Å². The van der Waals surface area contributed by atoms with Crippen molar-refractivity contribution in [1.29, 1.82) is 0 Å². The first kappa shape index (κ1) is 29.0. The lowest BCUT2D eigenvalue weighted by molar-refractivity contribution is -0.137. The Morgan fingerprint density at radius 2 is 1.63 bits per heavy atom. The SMILES string of the molecule is CC(C)(C)Cn1cc(CNSC(C)(C)C)c2ccc(-c3ncc(F)cc3C(F)(F)F)cc21.FCF. The molecule has 0 saturated heterocycles. The van der Waals surface area contributed by atoms with Gasteiger partial charge in [-0.25, -0.2) is 13.2 Å². The number of aromatic nitrogens is 2. The maximum Gasteiger partial charge on any atom is 0.418 e. The third-order valence-corrected chi connectivity index (χ3v) is 5.58. The summed E-state index contributed by atoms with van der Waals surface area (Å²) >= 11 is 1.64. The highest BCUT2D eigenvalue weighted by Crippen LogP contribution is 2.38. The highest BCUT2D eigenvalue weighted by atomic mass is 32.2. The molecule has 3 nitrogen and oxygen atoms in total. The summed E-state index contributed by atoms with van der Waals surface area (Å²) in [6.45, 7) is 12.3. The van der Waals surface area contributed by atoms with Gasteiger partial charge in [0.1, 0.15) is 5.82 Å². The molecule has 194 valence electrons. The summed E-state index contributed by atoms with van der Waals surface area (Å²) in [6, 6.07) is 5.67. The third kappa shape index (κ3) is 8.45. The van der Waals surface area contributed by atoms with E-state index < -0.39 is 24.5 Å². The van der Waals surface area contributed by atoms with Gasteiger partial charge in [0.15, 0.2) is 0 Å². The van der Waals surface area contributed by atoms with E-state index in [-0.39, 0.29) is 15.9 Å². The molecule has 0 radical (unpaired) electrons. The summed E-state index contributed by atoms with van der Waals surface area (Å²) in [7, 11) is 0.